The fourth-order valence-electron chi connectivity index (χ4n) is 4.19. The van der Waals surface area contributed by atoms with Crippen LogP contribution in [-0.4, -0.2) is 26.7 Å². The molecule has 1 aromatic heterocycles. The molecular weight excluding hydrogens is 383 g/mol. The lowest BCUT2D eigenvalue weighted by Gasteiger charge is -2.41. The van der Waals surface area contributed by atoms with E-state index in [-0.39, 0.29) is 24.3 Å². The zero-order valence-corrected chi connectivity index (χ0v) is 16.9. The molecule has 4 rings (SSSR count). The zero-order valence-electron chi connectivity index (χ0n) is 16.9. The Bertz CT molecular complexity index is 964. The van der Waals surface area contributed by atoms with Gasteiger partial charge in [0, 0.05) is 12.0 Å². The van der Waals surface area contributed by atoms with Gasteiger partial charge in [0.25, 0.3) is 0 Å². The minimum Gasteiger partial charge on any atom is -0.386 e. The lowest BCUT2D eigenvalue weighted by atomic mass is 9.78. The lowest BCUT2D eigenvalue weighted by molar-refractivity contribution is -0.189. The first-order valence-corrected chi connectivity index (χ1v) is 9.97. The second-order valence-electron chi connectivity index (χ2n) is 9.39. The Labute approximate surface area is 167 Å². The molecule has 5 nitrogen and oxygen atoms in total. The highest BCUT2D eigenvalue weighted by Crippen LogP contribution is 2.60. The molecule has 0 aliphatic heterocycles. The summed E-state index contributed by atoms with van der Waals surface area (Å²) in [6.45, 7) is 5.44. The van der Waals surface area contributed by atoms with E-state index < -0.39 is 29.5 Å². The summed E-state index contributed by atoms with van der Waals surface area (Å²) in [5.41, 5.74) is -1.09. The molecule has 0 unspecified atom stereocenters. The van der Waals surface area contributed by atoms with Crippen LogP contribution in [0, 0.1) is 5.41 Å². The predicted octanol–water partition coefficient (Wildman–Crippen LogP) is 4.83. The molecular formula is C21H26F3N3O2. The fraction of sp³-hybridized carbons (Fsp3) is 0.619. The normalized spacial score (nSPS) is 20.4. The van der Waals surface area contributed by atoms with Crippen molar-refractivity contribution in [3.8, 4) is 0 Å². The summed E-state index contributed by atoms with van der Waals surface area (Å²) in [5, 5.41) is 13.0. The second kappa shape index (κ2) is 6.20. The van der Waals surface area contributed by atoms with Crippen LogP contribution >= 0.6 is 0 Å². The van der Waals surface area contributed by atoms with Gasteiger partial charge in [0.15, 0.2) is 0 Å². The maximum atomic E-state index is 13.2. The average Bonchev–Trinajstić information content (AvgIpc) is 3.26. The molecule has 158 valence electrons. The number of aromatic nitrogens is 2. The number of fused-ring (bicyclic) bond motifs is 1. The van der Waals surface area contributed by atoms with Gasteiger partial charge in [-0.15, -0.1) is 0 Å². The molecule has 1 aromatic carbocycles. The Hall–Kier alpha value is -2.09. The molecule has 0 atom stereocenters. The molecule has 1 heterocycles. The standard InChI is InChI=1S/C21H26F3N3O2/c1-18(2,29)13-5-6-14-15(11-13)27(19(3)7-4-8-19)17(25-14)26-16(28)12-20(9-10-20)21(22,23)24/h5-6,11,29H,4,7-10,12H2,1-3H3,(H,25,26,28). The zero-order chi connectivity index (χ0) is 21.2. The van der Waals surface area contributed by atoms with Gasteiger partial charge in [-0.25, -0.2) is 4.98 Å². The first-order chi connectivity index (χ1) is 13.3. The average molecular weight is 409 g/mol. The highest BCUT2D eigenvalue weighted by molar-refractivity contribution is 5.92. The largest absolute Gasteiger partial charge is 0.395 e. The number of hydrogen-bond donors (Lipinski definition) is 2. The van der Waals surface area contributed by atoms with Crippen LogP contribution in [0.3, 0.4) is 0 Å². The molecule has 2 saturated carbocycles. The molecule has 2 aromatic rings. The third-order valence-corrected chi connectivity index (χ3v) is 6.54. The number of carbonyl (C=O) groups excluding carboxylic acids is 1. The lowest BCUT2D eigenvalue weighted by Crippen LogP contribution is -2.39. The van der Waals surface area contributed by atoms with Crippen molar-refractivity contribution in [3.05, 3.63) is 23.8 Å². The van der Waals surface area contributed by atoms with Gasteiger partial charge in [-0.2, -0.15) is 13.2 Å². The van der Waals surface area contributed by atoms with Crippen LogP contribution in [0.1, 0.15) is 64.9 Å². The Balaban J connectivity index is 1.70. The van der Waals surface area contributed by atoms with E-state index >= 15 is 0 Å². The number of benzene rings is 1. The molecule has 0 saturated heterocycles. The summed E-state index contributed by atoms with van der Waals surface area (Å²) in [6.07, 6.45) is -2.15. The van der Waals surface area contributed by atoms with Gasteiger partial charge in [0.05, 0.1) is 22.0 Å². The van der Waals surface area contributed by atoms with Crippen molar-refractivity contribution in [2.75, 3.05) is 5.32 Å². The SMILES string of the molecule is CC(C)(O)c1ccc2nc(NC(=O)CC3(C(F)(F)F)CC3)n(C3(C)CCC3)c2c1. The first kappa shape index (κ1) is 20.2. The summed E-state index contributed by atoms with van der Waals surface area (Å²) in [6, 6.07) is 5.39. The number of anilines is 1. The van der Waals surface area contributed by atoms with Gasteiger partial charge in [-0.1, -0.05) is 6.07 Å². The summed E-state index contributed by atoms with van der Waals surface area (Å²) in [4.78, 5) is 17.0. The van der Waals surface area contributed by atoms with E-state index in [4.69, 9.17) is 0 Å². The summed E-state index contributed by atoms with van der Waals surface area (Å²) < 4.78 is 41.6. The van der Waals surface area contributed by atoms with Crippen LogP contribution in [0.4, 0.5) is 19.1 Å². The van der Waals surface area contributed by atoms with E-state index in [1.165, 1.54) is 0 Å². The number of amides is 1. The molecule has 2 aliphatic rings. The van der Waals surface area contributed by atoms with Crippen LogP contribution in [-0.2, 0) is 15.9 Å². The smallest absolute Gasteiger partial charge is 0.386 e. The number of halogens is 3. The third-order valence-electron chi connectivity index (χ3n) is 6.54. The van der Waals surface area contributed by atoms with Crippen LogP contribution in [0.5, 0.6) is 0 Å². The first-order valence-electron chi connectivity index (χ1n) is 9.97. The number of aliphatic hydroxyl groups is 1. The molecule has 8 heteroatoms. The quantitative estimate of drug-likeness (QED) is 0.743. The van der Waals surface area contributed by atoms with Crippen molar-refractivity contribution in [2.24, 2.45) is 5.41 Å². The van der Waals surface area contributed by atoms with Crippen molar-refractivity contribution in [1.82, 2.24) is 9.55 Å². The van der Waals surface area contributed by atoms with Crippen molar-refractivity contribution < 1.29 is 23.1 Å². The topological polar surface area (TPSA) is 67.2 Å². The monoisotopic (exact) mass is 409 g/mol. The van der Waals surface area contributed by atoms with E-state index in [9.17, 15) is 23.1 Å². The van der Waals surface area contributed by atoms with E-state index in [1.807, 2.05) is 10.6 Å². The molecule has 2 aliphatic carbocycles. The van der Waals surface area contributed by atoms with Gasteiger partial charge in [0.2, 0.25) is 11.9 Å². The number of nitrogens with zero attached hydrogens (tertiary/aromatic N) is 2. The van der Waals surface area contributed by atoms with E-state index in [2.05, 4.69) is 17.2 Å². The number of rotatable bonds is 5. The molecule has 1 amide bonds. The van der Waals surface area contributed by atoms with E-state index in [1.54, 1.807) is 26.0 Å². The minimum atomic E-state index is -4.37. The fourth-order valence-corrected chi connectivity index (χ4v) is 4.19. The highest BCUT2D eigenvalue weighted by atomic mass is 19.4. The van der Waals surface area contributed by atoms with E-state index in [0.717, 1.165) is 24.8 Å². The molecule has 29 heavy (non-hydrogen) atoms. The van der Waals surface area contributed by atoms with E-state index in [0.29, 0.717) is 11.1 Å². The van der Waals surface area contributed by atoms with Gasteiger partial charge in [-0.05, 0) is 70.6 Å². The number of carbonyl (C=O) groups is 1. The van der Waals surface area contributed by atoms with Crippen LogP contribution < -0.4 is 5.32 Å². The molecule has 0 radical (unpaired) electrons. The van der Waals surface area contributed by atoms with Crippen molar-refractivity contribution in [3.63, 3.8) is 0 Å². The number of nitrogens with one attached hydrogen (secondary N) is 1. The summed E-state index contributed by atoms with van der Waals surface area (Å²) in [5.74, 6) is -0.389. The van der Waals surface area contributed by atoms with Crippen molar-refractivity contribution in [1.29, 1.82) is 0 Å². The van der Waals surface area contributed by atoms with Crippen LogP contribution in [0.2, 0.25) is 0 Å². The number of alkyl halides is 3. The molecule has 0 bridgehead atoms. The summed E-state index contributed by atoms with van der Waals surface area (Å²) in [7, 11) is 0. The third kappa shape index (κ3) is 3.41. The molecule has 0 spiro atoms. The van der Waals surface area contributed by atoms with Gasteiger partial charge in [-0.3, -0.25) is 10.1 Å². The number of hydrogen-bond acceptors (Lipinski definition) is 3. The maximum Gasteiger partial charge on any atom is 0.395 e. The molecule has 2 fully saturated rings. The maximum absolute atomic E-state index is 13.2. The van der Waals surface area contributed by atoms with Crippen LogP contribution in [0.25, 0.3) is 11.0 Å². The highest BCUT2D eigenvalue weighted by Gasteiger charge is 2.63. The van der Waals surface area contributed by atoms with Crippen molar-refractivity contribution in [2.45, 2.75) is 76.6 Å². The van der Waals surface area contributed by atoms with Crippen LogP contribution in [0.15, 0.2) is 18.2 Å². The Morgan fingerprint density at radius 1 is 1.24 bits per heavy atom. The second-order valence-corrected chi connectivity index (χ2v) is 9.39. The Morgan fingerprint density at radius 3 is 2.38 bits per heavy atom. The molecule has 2 N–H and O–H groups in total. The summed E-state index contributed by atoms with van der Waals surface area (Å²) >= 11 is 0. The minimum absolute atomic E-state index is 0.00695. The van der Waals surface area contributed by atoms with Crippen molar-refractivity contribution >= 4 is 22.9 Å². The predicted molar refractivity (Wildman–Crippen MR) is 103 cm³/mol. The Morgan fingerprint density at radius 2 is 1.90 bits per heavy atom. The Kier molecular flexibility index (Phi) is 4.32. The van der Waals surface area contributed by atoms with Gasteiger partial charge in [0.1, 0.15) is 0 Å². The van der Waals surface area contributed by atoms with Gasteiger partial charge < -0.3 is 9.67 Å². The van der Waals surface area contributed by atoms with Gasteiger partial charge >= 0.3 is 6.18 Å². The number of imidazole rings is 1.